The van der Waals surface area contributed by atoms with Gasteiger partial charge >= 0.3 is 34.6 Å². The number of hydrogen-bond donors (Lipinski definition) is 0. The molecule has 16 rings (SSSR count). The van der Waals surface area contributed by atoms with Crippen LogP contribution in [-0.4, -0.2) is 163 Å². The van der Waals surface area contributed by atoms with E-state index in [9.17, 15) is 45.9 Å². The van der Waals surface area contributed by atoms with Crippen LogP contribution < -0.4 is 61.6 Å². The second-order valence-corrected chi connectivity index (χ2v) is 24.5. The van der Waals surface area contributed by atoms with Crippen LogP contribution >= 0.6 is 0 Å². The summed E-state index contributed by atoms with van der Waals surface area (Å²) in [5.74, 6) is 1.65. The Labute approximate surface area is 828 Å². The molecule has 0 unspecified atom stereocenters. The number of aromatic nitrogens is 30. The van der Waals surface area contributed by atoms with Gasteiger partial charge in [0.2, 0.25) is 0 Å². The third-order valence-electron chi connectivity index (χ3n) is 16.8. The van der Waals surface area contributed by atoms with Gasteiger partial charge in [0.15, 0.2) is 30.1 Å². The summed E-state index contributed by atoms with van der Waals surface area (Å²) in [5, 5.41) is 37.3. The molecule has 52 heteroatoms. The van der Waals surface area contributed by atoms with Crippen LogP contribution in [-0.2, 0) is 238 Å². The molecule has 10 heterocycles. The summed E-state index contributed by atoms with van der Waals surface area (Å²) in [7, 11) is 8.91. The van der Waals surface area contributed by atoms with Gasteiger partial charge in [-0.2, -0.15) is 60.0 Å². The first-order valence-electron chi connectivity index (χ1n) is 35.3. The first-order valence-corrected chi connectivity index (χ1v) is 35.3. The Kier molecular flexibility index (Phi) is 39.8. The van der Waals surface area contributed by atoms with E-state index in [4.69, 9.17) is 33.2 Å². The minimum Gasteiger partial charge on any atom is -0.516 e. The number of benzene rings is 5. The van der Waals surface area contributed by atoms with Crippen molar-refractivity contribution in [3.05, 3.63) is 280 Å². The van der Waals surface area contributed by atoms with E-state index in [-0.39, 0.29) is 265 Å². The molecule has 5 radical (unpaired) electrons. The van der Waals surface area contributed by atoms with Crippen molar-refractivity contribution in [3.8, 4) is 70.0 Å². The number of ether oxygens (including phenoxy) is 7. The number of rotatable bonds is 25. The molecule has 0 amide bonds. The van der Waals surface area contributed by atoms with Gasteiger partial charge in [-0.1, -0.05) is 104 Å². The van der Waals surface area contributed by atoms with Crippen LogP contribution in [0, 0.1) is 31.0 Å². The Hall–Kier alpha value is -10.4. The van der Waals surface area contributed by atoms with Crippen molar-refractivity contribution in [1.82, 2.24) is 149 Å². The summed E-state index contributed by atoms with van der Waals surface area (Å²) in [5.41, 5.74) is 1.44. The van der Waals surface area contributed by atoms with Crippen molar-refractivity contribution in [1.29, 1.82) is 0 Å². The van der Waals surface area contributed by atoms with E-state index in [1.165, 1.54) is 127 Å². The maximum absolute atomic E-state index is 13.4. The zero-order valence-corrected chi connectivity index (χ0v) is 81.0. The quantitative estimate of drug-likeness (QED) is 0.0578. The normalized spacial score (nSPS) is 11.0. The van der Waals surface area contributed by atoms with Crippen molar-refractivity contribution < 1.29 is 219 Å². The zero-order chi connectivity index (χ0) is 84.8. The van der Waals surface area contributed by atoms with E-state index in [2.05, 4.69) is 139 Å². The Morgan fingerprint density at radius 3 is 0.968 bits per heavy atom. The van der Waals surface area contributed by atoms with Crippen molar-refractivity contribution in [3.63, 3.8) is 0 Å². The first-order chi connectivity index (χ1) is 58.1. The number of aryl methyl sites for hydroxylation is 5. The molecule has 633 valence electrons. The van der Waals surface area contributed by atoms with Crippen LogP contribution in [0.1, 0.15) is 76.6 Å². The van der Waals surface area contributed by atoms with Crippen molar-refractivity contribution in [2.24, 2.45) is 35.2 Å². The molecule has 0 aliphatic heterocycles. The van der Waals surface area contributed by atoms with Gasteiger partial charge in [-0.25, -0.2) is 32.8 Å². The molecule has 1 saturated carbocycles. The monoisotopic (exact) mass is 2090 g/mol. The average Bonchev–Trinajstić information content (AvgIpc) is 1.48. The standard InChI is InChI=1S/C16H15N6O2.C15H15N6O3.C14H10F3N6O2.C14H11F2N6O2.C14H13N6O3.5Y/c1-21-16(23)22(20-19-21)14-5-2-4-12(11-6-7-11)13(14)10-24-15-17-8-3-9-18-15;1-3-23-13-7-4-6-12(21-15(22)20(2)18-19-21)11(13)10-24-14-16-8-5-9-17-14;1-22-13(24)23(21-20-22)11-5-2-4-10(14(15,16)17)9(11)8-25-12-18-6-3-7-19-12;1-21-14(23)22(20-19-21)11-5-2-4-9(12(15)16)10(11)8-24-13-17-6-3-7-18-13;1-19-14(21)20(18-17-19)11-5-3-6-12(22-2)10(11)9-23-13-15-7-4-8-16-13;;;;;/h2-5,8,11H,6-7,10H2,1H3;4-8H,3,10H2,1-2H3;2-6H,8H2,1H3;2-6,12H,8H2,1H3;3-7H,9H2,1-2H3;;;;;/q5*-1;;;;;. The van der Waals surface area contributed by atoms with Gasteiger partial charge in [-0.05, 0) is 132 Å². The predicted molar refractivity (Wildman–Crippen MR) is 399 cm³/mol. The number of nitrogens with zero attached hydrogens (tertiary/aromatic N) is 30. The summed E-state index contributed by atoms with van der Waals surface area (Å²) in [4.78, 5) is 99.2. The Bertz CT molecular complexity index is 6110. The Morgan fingerprint density at radius 1 is 0.376 bits per heavy atom. The van der Waals surface area contributed by atoms with E-state index in [1.54, 1.807) is 67.8 Å². The third kappa shape index (κ3) is 26.4. The van der Waals surface area contributed by atoms with E-state index >= 15 is 0 Å². The zero-order valence-electron chi connectivity index (χ0n) is 66.8. The van der Waals surface area contributed by atoms with E-state index in [1.807, 2.05) is 19.1 Å². The number of alkyl halides is 5. The smallest absolute Gasteiger partial charge is 0.416 e. The van der Waals surface area contributed by atoms with Crippen LogP contribution in [0.3, 0.4) is 0 Å². The molecule has 125 heavy (non-hydrogen) atoms. The summed E-state index contributed by atoms with van der Waals surface area (Å²) in [6, 6.07) is 32.1. The number of methoxy groups -OCH3 is 1. The van der Waals surface area contributed by atoms with Crippen molar-refractivity contribution >= 4 is 0 Å². The molecule has 15 aromatic rings. The van der Waals surface area contributed by atoms with Gasteiger partial charge < -0.3 is 83.0 Å². The van der Waals surface area contributed by atoms with Gasteiger partial charge in [0.05, 0.1) is 58.8 Å². The second-order valence-electron chi connectivity index (χ2n) is 24.5. The molecule has 42 nitrogen and oxygen atoms in total. The SMILES string of the molecule is CCOc1cccc(-n2nnn(C)c2=O)c1COc1n[c-]ccn1.COc1cccc(-n2nnn(C)c2=O)c1COc1n[c-]ccn1.Cn1nnn(-c2cccc(C(F)(F)F)c2COc2n[c-]ccn2)c1=O.Cn1nnn(-c2cccc(C(F)F)c2COc2n[c-]ccn2)c1=O.Cn1nnn(-c2cccc(C3CC3)c2COc2n[c-]ccn2)c1=O.[Y].[Y].[Y].[Y].[Y]. The molecule has 1 aliphatic rings. The van der Waals surface area contributed by atoms with Crippen LogP contribution in [0.5, 0.6) is 41.6 Å². The minimum atomic E-state index is -4.65. The topological polar surface area (TPSA) is 457 Å². The van der Waals surface area contributed by atoms with Crippen molar-refractivity contribution in [2.45, 2.75) is 71.3 Å². The van der Waals surface area contributed by atoms with Gasteiger partial charge in [-0.15, -0.1) is 30.3 Å². The maximum Gasteiger partial charge on any atom is 0.416 e. The second kappa shape index (κ2) is 48.9. The van der Waals surface area contributed by atoms with Gasteiger partial charge in [0, 0.05) is 221 Å². The van der Waals surface area contributed by atoms with E-state index < -0.39 is 36.2 Å². The first kappa shape index (κ1) is 102. The number of halogens is 5. The molecular weight excluding hydrogens is 2030 g/mol. The Morgan fingerprint density at radius 2 is 0.664 bits per heavy atom. The maximum atomic E-state index is 13.4. The van der Waals surface area contributed by atoms with Crippen LogP contribution in [0.25, 0.3) is 28.4 Å². The fraction of sp³-hybridized carbons (Fsp3) is 0.247. The molecule has 1 aliphatic carbocycles. The van der Waals surface area contributed by atoms with Gasteiger partial charge in [0.1, 0.15) is 44.5 Å². The third-order valence-corrected chi connectivity index (χ3v) is 16.8. The molecule has 5 aromatic carbocycles. The summed E-state index contributed by atoms with van der Waals surface area (Å²) >= 11 is 0. The number of tetrazole rings is 5. The van der Waals surface area contributed by atoms with Gasteiger partial charge in [0.25, 0.3) is 6.43 Å². The summed E-state index contributed by atoms with van der Waals surface area (Å²) < 4.78 is 116. The van der Waals surface area contributed by atoms with Crippen molar-refractivity contribution in [2.75, 3.05) is 13.7 Å². The van der Waals surface area contributed by atoms with Crippen LogP contribution in [0.2, 0.25) is 0 Å². The van der Waals surface area contributed by atoms with E-state index in [0.29, 0.717) is 52.2 Å². The molecule has 1 fully saturated rings. The average molecular weight is 2090 g/mol. The Balaban J connectivity index is 0.000000212. The van der Waals surface area contributed by atoms with Crippen LogP contribution in [0.4, 0.5) is 22.0 Å². The predicted octanol–water partition coefficient (Wildman–Crippen LogP) is 3.90. The molecule has 0 saturated heterocycles. The van der Waals surface area contributed by atoms with E-state index in [0.717, 1.165) is 52.6 Å². The molecule has 10 aromatic heterocycles. The van der Waals surface area contributed by atoms with Gasteiger partial charge in [-0.3, -0.25) is 0 Å². The summed E-state index contributed by atoms with van der Waals surface area (Å²) in [6.07, 6.45) is 15.2. The molecular formula is C73H64F5N30O12Y5-5. The number of hydrogen-bond acceptors (Lipinski definition) is 32. The fourth-order valence-electron chi connectivity index (χ4n) is 11.0. The molecule has 0 bridgehead atoms. The fourth-order valence-corrected chi connectivity index (χ4v) is 11.0. The minimum absolute atomic E-state index is 0. The summed E-state index contributed by atoms with van der Waals surface area (Å²) in [6.45, 7) is 2.01. The van der Waals surface area contributed by atoms with Crippen LogP contribution in [0.15, 0.2) is 176 Å². The molecule has 0 atom stereocenters. The largest absolute Gasteiger partial charge is 0.516 e. The molecule has 0 N–H and O–H groups in total. The molecule has 0 spiro atoms.